The molecule has 8 saturated heterocycles. The summed E-state index contributed by atoms with van der Waals surface area (Å²) in [5.74, 6) is 7.22. The summed E-state index contributed by atoms with van der Waals surface area (Å²) in [6.45, 7) is 6.48. The van der Waals surface area contributed by atoms with Crippen LogP contribution in [0.15, 0.2) is 91.0 Å². The van der Waals surface area contributed by atoms with Crippen molar-refractivity contribution in [2.45, 2.75) is 132 Å². The van der Waals surface area contributed by atoms with Gasteiger partial charge in [-0.3, -0.25) is 0 Å². The summed E-state index contributed by atoms with van der Waals surface area (Å²) in [7, 11) is 0. The number of fused-ring (bicyclic) bond motifs is 1. The standard InChI is InChI=1S/C11H10O3S2.C10H16O2S2.C10H10O2S2.C9H8OS2.C7H10OS2.C5H8OS2.C4H6OS2.C3H4OS2/c12-10(8-4-2-1-3-5-8)13-6-9-7-16-11(15)14-9;2*13-10-12-9(7-14-10)6-11-8-4-2-1-3-5-8;11-9-10-8(6-12-9)7-4-2-1-3-5-7;9-7-8-5-3-1-2-4-6(5)10-7;1-2-4-3-8-5(7)6-4;1-3-2-7-4(6)5-3;5-3-4-1-2-6-3/h1-5,9H,6-7H2;8-9H,1-7H2;1-5,9H,6-7H2;1-5,8H,6H2;5-6H,1-4H2;4H,2-3H2,1H3;3H,2H2,1H3;1-2H2. The molecule has 0 spiro atoms. The van der Waals surface area contributed by atoms with Crippen LogP contribution >= 0.6 is 192 Å². The molecule has 8 unspecified atom stereocenters. The topological polar surface area (TPSA) is 119 Å². The summed E-state index contributed by atoms with van der Waals surface area (Å²) in [6.07, 6.45) is 14.8. The molecule has 2 saturated carbocycles. The number of ether oxygens (including phenoxy) is 11. The fraction of sp³-hybridized carbons (Fsp3) is 0.542. The van der Waals surface area contributed by atoms with Crippen molar-refractivity contribution in [3.05, 3.63) is 102 Å². The molecule has 10 aliphatic rings. The van der Waals surface area contributed by atoms with Gasteiger partial charge in [0.05, 0.1) is 30.1 Å². The highest BCUT2D eigenvalue weighted by molar-refractivity contribution is 8.25. The molecule has 12 nitrogen and oxygen atoms in total. The van der Waals surface area contributed by atoms with Crippen LogP contribution < -0.4 is 4.74 Å². The molecule has 476 valence electrons. The van der Waals surface area contributed by atoms with Crippen molar-refractivity contribution in [3.63, 3.8) is 0 Å². The van der Waals surface area contributed by atoms with Gasteiger partial charge in [-0.1, -0.05) is 193 Å². The molecule has 8 aliphatic heterocycles. The number of benzene rings is 3. The molecule has 3 aromatic carbocycles. The highest BCUT2D eigenvalue weighted by atomic mass is 32.2. The second kappa shape index (κ2) is 43.7. The summed E-state index contributed by atoms with van der Waals surface area (Å²) >= 11 is 51.7. The van der Waals surface area contributed by atoms with Crippen LogP contribution in [0.4, 0.5) is 0 Å². The van der Waals surface area contributed by atoms with E-state index in [9.17, 15) is 4.79 Å². The lowest BCUT2D eigenvalue weighted by Crippen LogP contribution is -2.24. The van der Waals surface area contributed by atoms with Gasteiger partial charge in [0, 0.05) is 40.3 Å². The van der Waals surface area contributed by atoms with Crippen molar-refractivity contribution in [3.8, 4) is 5.75 Å². The highest BCUT2D eigenvalue weighted by Crippen LogP contribution is 2.38. The number of carbonyl (C=O) groups is 1. The Morgan fingerprint density at radius 2 is 1.00 bits per heavy atom. The minimum absolute atomic E-state index is 0.104. The van der Waals surface area contributed by atoms with E-state index in [0.717, 1.165) is 74.4 Å². The van der Waals surface area contributed by atoms with Crippen LogP contribution in [0, 0.1) is 0 Å². The number of carbonyl (C=O) groups excluding carboxylic acids is 1. The van der Waals surface area contributed by atoms with Crippen LogP contribution in [0.2, 0.25) is 0 Å². The number of thiocarbonyl (C=S) groups is 8. The van der Waals surface area contributed by atoms with E-state index in [1.165, 1.54) is 75.1 Å². The van der Waals surface area contributed by atoms with Crippen molar-refractivity contribution in [1.82, 2.24) is 0 Å². The van der Waals surface area contributed by atoms with Gasteiger partial charge < -0.3 is 52.1 Å². The number of hydrogen-bond donors (Lipinski definition) is 0. The van der Waals surface area contributed by atoms with Crippen molar-refractivity contribution < 1.29 is 56.9 Å². The molecular weight excluding hydrogens is 1410 g/mol. The first kappa shape index (κ1) is 74.8. The Balaban J connectivity index is 0.000000162. The van der Waals surface area contributed by atoms with Crippen LogP contribution in [0.5, 0.6) is 5.75 Å². The number of rotatable bonds is 11. The molecule has 0 aromatic heterocycles. The van der Waals surface area contributed by atoms with Crippen LogP contribution in [-0.4, -0.2) is 156 Å². The lowest BCUT2D eigenvalue weighted by atomic mass is 9.97. The Labute approximate surface area is 590 Å². The molecule has 2 aliphatic carbocycles. The second-order valence-corrected chi connectivity index (χ2v) is 32.9. The van der Waals surface area contributed by atoms with Gasteiger partial charge in [-0.15, -0.1) is 0 Å². The van der Waals surface area contributed by atoms with Crippen LogP contribution in [0.25, 0.3) is 0 Å². The molecule has 10 fully saturated rings. The van der Waals surface area contributed by atoms with E-state index in [0.29, 0.717) is 68.1 Å². The maximum Gasteiger partial charge on any atom is 0.338 e. The van der Waals surface area contributed by atoms with Crippen molar-refractivity contribution in [2.75, 3.05) is 66.7 Å². The quantitative estimate of drug-likeness (QED) is 0.134. The van der Waals surface area contributed by atoms with E-state index in [4.69, 9.17) is 138 Å². The van der Waals surface area contributed by atoms with Gasteiger partial charge in [-0.05, 0) is 173 Å². The lowest BCUT2D eigenvalue weighted by molar-refractivity contribution is -0.00905. The van der Waals surface area contributed by atoms with E-state index >= 15 is 0 Å². The van der Waals surface area contributed by atoms with E-state index in [-0.39, 0.29) is 37.0 Å². The predicted octanol–water partition coefficient (Wildman–Crippen LogP) is 16.9. The Hall–Kier alpha value is -1.19. The summed E-state index contributed by atoms with van der Waals surface area (Å²) < 4.78 is 63.9. The van der Waals surface area contributed by atoms with E-state index in [1.54, 1.807) is 107 Å². The molecule has 87 heavy (non-hydrogen) atoms. The molecule has 8 heterocycles. The molecule has 3 aromatic rings. The van der Waals surface area contributed by atoms with E-state index in [2.05, 4.69) is 31.3 Å². The molecule has 0 amide bonds. The van der Waals surface area contributed by atoms with Gasteiger partial charge in [0.25, 0.3) is 0 Å². The number of thioether (sulfide) groups is 8. The van der Waals surface area contributed by atoms with E-state index in [1.807, 2.05) is 61.5 Å². The maximum atomic E-state index is 11.6. The first-order valence-corrected chi connectivity index (χ1v) is 39.5. The molecule has 13 rings (SSSR count). The zero-order valence-corrected chi connectivity index (χ0v) is 61.2. The van der Waals surface area contributed by atoms with Crippen LogP contribution in [0.3, 0.4) is 0 Å². The monoisotopic (exact) mass is 1480 g/mol. The van der Waals surface area contributed by atoms with E-state index < -0.39 is 0 Å². The molecule has 0 N–H and O–H groups in total. The number of esters is 1. The van der Waals surface area contributed by atoms with Gasteiger partial charge in [0.15, 0.2) is 0 Å². The lowest BCUT2D eigenvalue weighted by Gasteiger charge is -2.23. The summed E-state index contributed by atoms with van der Waals surface area (Å²) in [6, 6.07) is 28.8. The third kappa shape index (κ3) is 31.5. The Morgan fingerprint density at radius 1 is 0.494 bits per heavy atom. The largest absolute Gasteiger partial charge is 0.490 e. The summed E-state index contributed by atoms with van der Waals surface area (Å²) in [5, 5.41) is 0.696. The first-order valence-electron chi connectivity index (χ1n) is 28.4. The van der Waals surface area contributed by atoms with Gasteiger partial charge in [-0.2, -0.15) is 0 Å². The Morgan fingerprint density at radius 3 is 1.46 bits per heavy atom. The SMILES string of the molecule is CC1CSC(=S)O1.CCC1CSC(=S)O1.O=C(OCC1CSC(=S)O1)c1ccccc1.S=C1OC(COC2CCCCC2)CS1.S=C1OC(COc2ccccc2)CS1.S=C1OC(c2ccccc2)CS1.S=C1OC2CCCCC2S1.S=C1OCCS1. The van der Waals surface area contributed by atoms with Gasteiger partial charge >= 0.3 is 5.97 Å². The molecule has 0 radical (unpaired) electrons. The zero-order valence-electron chi connectivity index (χ0n) is 48.1. The minimum Gasteiger partial charge on any atom is -0.490 e. The van der Waals surface area contributed by atoms with Gasteiger partial charge in [-0.25, -0.2) is 4.79 Å². The Kier molecular flexibility index (Phi) is 37.6. The van der Waals surface area contributed by atoms with Gasteiger partial charge in [0.2, 0.25) is 35.1 Å². The van der Waals surface area contributed by atoms with Crippen molar-refractivity contribution >= 4 is 233 Å². The second-order valence-electron chi connectivity index (χ2n) is 19.7. The fourth-order valence-corrected chi connectivity index (χ4v) is 17.1. The smallest absolute Gasteiger partial charge is 0.338 e. The van der Waals surface area contributed by atoms with Crippen LogP contribution in [-0.2, 0) is 47.4 Å². The highest BCUT2D eigenvalue weighted by Gasteiger charge is 2.35. The number of para-hydroxylation sites is 1. The molecule has 28 heteroatoms. The van der Waals surface area contributed by atoms with Crippen molar-refractivity contribution in [2.24, 2.45) is 0 Å². The van der Waals surface area contributed by atoms with Crippen molar-refractivity contribution in [1.29, 1.82) is 0 Å². The first-order chi connectivity index (χ1) is 42.2. The average molecular weight is 1490 g/mol. The average Bonchev–Trinajstić information content (AvgIpc) is 4.62. The minimum atomic E-state index is -0.327. The van der Waals surface area contributed by atoms with Crippen LogP contribution in [0.1, 0.15) is 100 Å². The normalized spacial score (nSPS) is 25.6. The Bertz CT molecular complexity index is 2600. The number of hydrogen-bond acceptors (Lipinski definition) is 28. The third-order valence-electron chi connectivity index (χ3n) is 12.9. The molecule has 8 atom stereocenters. The molecular formula is C59H72O12S16. The summed E-state index contributed by atoms with van der Waals surface area (Å²) in [5.41, 5.74) is 1.76. The fourth-order valence-electron chi connectivity index (χ4n) is 8.39. The van der Waals surface area contributed by atoms with Gasteiger partial charge in [0.1, 0.15) is 61.7 Å². The zero-order chi connectivity index (χ0) is 62.0. The maximum absolute atomic E-state index is 11.6. The summed E-state index contributed by atoms with van der Waals surface area (Å²) in [4.78, 5) is 11.6. The third-order valence-corrected chi connectivity index (χ3v) is 23.5. The molecule has 0 bridgehead atoms. The predicted molar refractivity (Wildman–Crippen MR) is 401 cm³/mol.